The number of rotatable bonds is 9. The Bertz CT molecular complexity index is 1960. The van der Waals surface area contributed by atoms with Gasteiger partial charge in [0, 0.05) is 43.2 Å². The lowest BCUT2D eigenvalue weighted by Gasteiger charge is -2.44. The van der Waals surface area contributed by atoms with E-state index >= 15 is 0 Å². The number of halogens is 5. The van der Waals surface area contributed by atoms with Crippen LogP contribution in [0, 0.1) is 5.41 Å². The Hall–Kier alpha value is -4.20. The molecule has 0 unspecified atom stereocenters. The number of aliphatic carboxylic acids is 1. The number of fused-ring (bicyclic) bond motifs is 2. The van der Waals surface area contributed by atoms with Crippen LogP contribution in [0.5, 0.6) is 0 Å². The number of aromatic nitrogens is 1. The first-order chi connectivity index (χ1) is 24.9. The molecule has 13 heteroatoms. The van der Waals surface area contributed by atoms with Crippen molar-refractivity contribution in [3.63, 3.8) is 0 Å². The standard InChI is InChI=1S/C39H41F5N4O4/c40-38(41)24-52-23-33(38)48-18-14-37(15-19-48,39(42,43)44)36(51)46-32(35(49)50)20-25-8-6-12-29-27(25)11-7-13-31(29)34-30-10-3-2-9-28(30)26(21-45-34)22-47-16-4-1-5-17-47/h2-3,6-13,21,32-33H,1,4-5,14-20,22-24H2,(H,46,51)(H,49,50)/t32-,33-/m0/s1. The van der Waals surface area contributed by atoms with E-state index in [9.17, 15) is 36.6 Å². The number of carbonyl (C=O) groups is 2. The summed E-state index contributed by atoms with van der Waals surface area (Å²) in [6, 6.07) is 16.0. The second-order valence-electron chi connectivity index (χ2n) is 14.3. The number of piperidine rings is 2. The summed E-state index contributed by atoms with van der Waals surface area (Å²) in [4.78, 5) is 34.6. The average molecular weight is 725 g/mol. The molecule has 8 nitrogen and oxygen atoms in total. The molecule has 1 aromatic heterocycles. The Balaban J connectivity index is 1.15. The molecule has 2 N–H and O–H groups in total. The van der Waals surface area contributed by atoms with Crippen molar-refractivity contribution in [2.24, 2.45) is 5.41 Å². The van der Waals surface area contributed by atoms with Crippen LogP contribution in [0.2, 0.25) is 0 Å². The van der Waals surface area contributed by atoms with E-state index in [1.165, 1.54) is 24.2 Å². The zero-order valence-electron chi connectivity index (χ0n) is 28.6. The highest BCUT2D eigenvalue weighted by Crippen LogP contribution is 2.48. The van der Waals surface area contributed by atoms with E-state index in [1.54, 1.807) is 12.1 Å². The minimum atomic E-state index is -5.03. The Morgan fingerprint density at radius 2 is 1.54 bits per heavy atom. The fraction of sp³-hybridized carbons (Fsp3) is 0.462. The van der Waals surface area contributed by atoms with Gasteiger partial charge in [-0.1, -0.05) is 67.1 Å². The summed E-state index contributed by atoms with van der Waals surface area (Å²) >= 11 is 0. The molecule has 4 aromatic rings. The summed E-state index contributed by atoms with van der Waals surface area (Å²) in [6.45, 7) is 0.941. The molecule has 0 radical (unpaired) electrons. The van der Waals surface area contributed by atoms with Crippen LogP contribution in [0.3, 0.4) is 0 Å². The van der Waals surface area contributed by atoms with Gasteiger partial charge in [0.25, 0.3) is 5.92 Å². The maximum absolute atomic E-state index is 14.6. The molecule has 3 aromatic carbocycles. The largest absolute Gasteiger partial charge is 0.480 e. The quantitative estimate of drug-likeness (QED) is 0.183. The summed E-state index contributed by atoms with van der Waals surface area (Å²) in [5.41, 5.74) is 0.304. The van der Waals surface area contributed by atoms with E-state index in [0.29, 0.717) is 10.9 Å². The van der Waals surface area contributed by atoms with Crippen LogP contribution in [-0.4, -0.2) is 95.3 Å². The molecule has 0 saturated carbocycles. The van der Waals surface area contributed by atoms with Gasteiger partial charge < -0.3 is 15.2 Å². The third-order valence-electron chi connectivity index (χ3n) is 11.1. The van der Waals surface area contributed by atoms with Crippen molar-refractivity contribution in [3.8, 4) is 11.3 Å². The minimum Gasteiger partial charge on any atom is -0.480 e. The van der Waals surface area contributed by atoms with Gasteiger partial charge in [0.15, 0.2) is 0 Å². The summed E-state index contributed by atoms with van der Waals surface area (Å²) < 4.78 is 77.4. The zero-order chi connectivity index (χ0) is 36.7. The van der Waals surface area contributed by atoms with Gasteiger partial charge in [-0.3, -0.25) is 19.6 Å². The van der Waals surface area contributed by atoms with Gasteiger partial charge >= 0.3 is 12.1 Å². The number of alkyl halides is 5. The van der Waals surface area contributed by atoms with E-state index in [0.717, 1.165) is 52.6 Å². The topological polar surface area (TPSA) is 95.0 Å². The number of amides is 1. The molecular formula is C39H41F5N4O4. The number of likely N-dealkylation sites (tertiary alicyclic amines) is 2. The highest BCUT2D eigenvalue weighted by atomic mass is 19.4. The first-order valence-corrected chi connectivity index (χ1v) is 17.8. The van der Waals surface area contributed by atoms with Crippen LogP contribution >= 0.6 is 0 Å². The third-order valence-corrected chi connectivity index (χ3v) is 11.1. The molecule has 0 aliphatic carbocycles. The van der Waals surface area contributed by atoms with Gasteiger partial charge in [-0.2, -0.15) is 13.2 Å². The Morgan fingerprint density at radius 3 is 2.21 bits per heavy atom. The fourth-order valence-corrected chi connectivity index (χ4v) is 8.18. The molecule has 2 atom stereocenters. The molecule has 4 heterocycles. The second kappa shape index (κ2) is 14.3. The monoisotopic (exact) mass is 724 g/mol. The van der Waals surface area contributed by atoms with Crippen molar-refractivity contribution in [3.05, 3.63) is 78.0 Å². The average Bonchev–Trinajstić information content (AvgIpc) is 3.49. The SMILES string of the molecule is O=C(O)[C@H](Cc1cccc2c(-c3ncc(CN4CCCCC4)c4ccccc34)cccc12)NC(=O)C1(C(F)(F)F)CCN([C@H]2COCC2(F)F)CC1. The number of nitrogens with zero attached hydrogens (tertiary/aromatic N) is 3. The van der Waals surface area contributed by atoms with Gasteiger partial charge in [-0.15, -0.1) is 0 Å². The number of carbonyl (C=O) groups excluding carboxylic acids is 1. The molecule has 3 aliphatic heterocycles. The lowest BCUT2D eigenvalue weighted by atomic mass is 9.76. The lowest BCUT2D eigenvalue weighted by molar-refractivity contribution is -0.235. The molecule has 52 heavy (non-hydrogen) atoms. The van der Waals surface area contributed by atoms with E-state index in [4.69, 9.17) is 9.72 Å². The Morgan fingerprint density at radius 1 is 0.885 bits per heavy atom. The van der Waals surface area contributed by atoms with Gasteiger partial charge in [-0.25, -0.2) is 13.6 Å². The van der Waals surface area contributed by atoms with Gasteiger partial charge in [0.2, 0.25) is 5.91 Å². The van der Waals surface area contributed by atoms with Gasteiger partial charge in [-0.05, 0) is 66.1 Å². The third kappa shape index (κ3) is 6.85. The molecule has 1 amide bonds. The summed E-state index contributed by atoms with van der Waals surface area (Å²) in [7, 11) is 0. The van der Waals surface area contributed by atoms with E-state index in [-0.39, 0.29) is 13.0 Å². The smallest absolute Gasteiger partial charge is 0.403 e. The molecule has 276 valence electrons. The van der Waals surface area contributed by atoms with Crippen molar-refractivity contribution in [2.45, 2.75) is 69.3 Å². The first kappa shape index (κ1) is 36.2. The van der Waals surface area contributed by atoms with Crippen molar-refractivity contribution in [1.29, 1.82) is 0 Å². The number of ether oxygens (including phenoxy) is 1. The minimum absolute atomic E-state index is 0.281. The Labute approximate surface area is 297 Å². The van der Waals surface area contributed by atoms with Crippen LogP contribution in [0.4, 0.5) is 22.0 Å². The van der Waals surface area contributed by atoms with Crippen LogP contribution in [0.25, 0.3) is 32.8 Å². The molecule has 3 aliphatic rings. The van der Waals surface area contributed by atoms with Crippen molar-refractivity contribution >= 4 is 33.4 Å². The number of pyridine rings is 1. The molecular weight excluding hydrogens is 683 g/mol. The number of benzene rings is 3. The van der Waals surface area contributed by atoms with E-state index in [2.05, 4.69) is 16.3 Å². The van der Waals surface area contributed by atoms with Crippen molar-refractivity contribution in [2.75, 3.05) is 39.4 Å². The molecule has 0 spiro atoms. The Kier molecular flexibility index (Phi) is 9.96. The van der Waals surface area contributed by atoms with E-state index < -0.39 is 74.0 Å². The number of hydrogen-bond donors (Lipinski definition) is 2. The number of nitrogens with one attached hydrogen (secondary N) is 1. The fourth-order valence-electron chi connectivity index (χ4n) is 8.18. The van der Waals surface area contributed by atoms with Crippen molar-refractivity contribution < 1.29 is 41.4 Å². The maximum atomic E-state index is 14.6. The van der Waals surface area contributed by atoms with Crippen LogP contribution in [0.15, 0.2) is 66.9 Å². The second-order valence-corrected chi connectivity index (χ2v) is 14.3. The van der Waals surface area contributed by atoms with Crippen LogP contribution in [0.1, 0.15) is 43.2 Å². The zero-order valence-corrected chi connectivity index (χ0v) is 28.6. The molecule has 0 bridgehead atoms. The van der Waals surface area contributed by atoms with E-state index in [1.807, 2.05) is 48.7 Å². The number of carboxylic acids is 1. The van der Waals surface area contributed by atoms with Crippen LogP contribution in [-0.2, 0) is 27.3 Å². The molecule has 7 rings (SSSR count). The summed E-state index contributed by atoms with van der Waals surface area (Å²) in [5.74, 6) is -6.18. The number of carboxylic acid groups (broad SMARTS) is 1. The first-order valence-electron chi connectivity index (χ1n) is 17.8. The normalized spacial score (nSPS) is 21.7. The highest BCUT2D eigenvalue weighted by molar-refractivity contribution is 6.05. The van der Waals surface area contributed by atoms with Gasteiger partial charge in [0.05, 0.1) is 18.3 Å². The predicted molar refractivity (Wildman–Crippen MR) is 186 cm³/mol. The van der Waals surface area contributed by atoms with Crippen LogP contribution < -0.4 is 5.32 Å². The highest BCUT2D eigenvalue weighted by Gasteiger charge is 2.62. The lowest BCUT2D eigenvalue weighted by Crippen LogP contribution is -2.61. The predicted octanol–water partition coefficient (Wildman–Crippen LogP) is 6.83. The molecule has 3 saturated heterocycles. The maximum Gasteiger partial charge on any atom is 0.403 e. The molecule has 3 fully saturated rings. The van der Waals surface area contributed by atoms with Gasteiger partial charge in [0.1, 0.15) is 18.1 Å². The van der Waals surface area contributed by atoms with Crippen molar-refractivity contribution in [1.82, 2.24) is 20.1 Å². The summed E-state index contributed by atoms with van der Waals surface area (Å²) in [5, 5.41) is 15.9. The number of hydrogen-bond acceptors (Lipinski definition) is 6. The summed E-state index contributed by atoms with van der Waals surface area (Å²) in [6.07, 6.45) is -1.36.